The maximum atomic E-state index is 12.1. The fourth-order valence-corrected chi connectivity index (χ4v) is 1.73. The van der Waals surface area contributed by atoms with Crippen LogP contribution in [0.4, 0.5) is 26.3 Å². The van der Waals surface area contributed by atoms with E-state index in [4.69, 9.17) is 0 Å². The van der Waals surface area contributed by atoms with Gasteiger partial charge in [0.05, 0.1) is 13.0 Å². The van der Waals surface area contributed by atoms with E-state index in [0.29, 0.717) is 12.1 Å². The average molecular weight is 371 g/mol. The monoisotopic (exact) mass is 371 g/mol. The number of nitrogens with zero attached hydrogens (tertiary/aromatic N) is 1. The van der Waals surface area contributed by atoms with Gasteiger partial charge in [-0.25, -0.2) is 4.99 Å². The molecule has 0 fully saturated rings. The normalized spacial score (nSPS) is 12.8. The average Bonchev–Trinajstić information content (AvgIpc) is 2.49. The minimum atomic E-state index is -4.44. The fraction of sp³-hybridized carbons (Fsp3) is 0.533. The molecule has 0 aromatic heterocycles. The summed E-state index contributed by atoms with van der Waals surface area (Å²) in [4.78, 5) is 4.10. The van der Waals surface area contributed by atoms with Gasteiger partial charge >= 0.3 is 12.4 Å². The number of benzene rings is 1. The molecule has 0 atom stereocenters. The number of guanidine groups is 1. The molecule has 0 unspecified atom stereocenters. The maximum Gasteiger partial charge on any atom is 0.422 e. The highest BCUT2D eigenvalue weighted by Crippen LogP contribution is 2.20. The zero-order valence-corrected chi connectivity index (χ0v) is 13.5. The highest BCUT2D eigenvalue weighted by atomic mass is 19.4. The van der Waals surface area contributed by atoms with Crippen LogP contribution in [-0.4, -0.2) is 38.0 Å². The topological polar surface area (TPSA) is 45.7 Å². The molecule has 0 saturated heterocycles. The van der Waals surface area contributed by atoms with E-state index in [1.165, 1.54) is 18.2 Å². The minimum absolute atomic E-state index is 0.0417. The highest BCUT2D eigenvalue weighted by molar-refractivity contribution is 5.79. The Hall–Kier alpha value is -2.13. The minimum Gasteiger partial charge on any atom is -0.484 e. The molecule has 0 saturated carbocycles. The summed E-state index contributed by atoms with van der Waals surface area (Å²) in [6.07, 6.45) is -9.71. The van der Waals surface area contributed by atoms with Crippen molar-refractivity contribution < 1.29 is 31.1 Å². The second-order valence-electron chi connectivity index (χ2n) is 5.04. The van der Waals surface area contributed by atoms with Gasteiger partial charge in [0.15, 0.2) is 12.6 Å². The van der Waals surface area contributed by atoms with Gasteiger partial charge in [-0.05, 0) is 24.6 Å². The first-order valence-corrected chi connectivity index (χ1v) is 7.46. The molecular formula is C15H19F6N3O. The van der Waals surface area contributed by atoms with Crippen molar-refractivity contribution in [1.82, 2.24) is 10.6 Å². The fourth-order valence-electron chi connectivity index (χ4n) is 1.73. The molecule has 10 heteroatoms. The summed E-state index contributed by atoms with van der Waals surface area (Å²) in [7, 11) is 0. The molecule has 4 nitrogen and oxygen atoms in total. The third kappa shape index (κ3) is 10.4. The molecule has 1 rings (SSSR count). The maximum absolute atomic E-state index is 12.1. The second-order valence-corrected chi connectivity index (χ2v) is 5.04. The predicted octanol–water partition coefficient (Wildman–Crippen LogP) is 3.64. The van der Waals surface area contributed by atoms with Crippen LogP contribution in [0.25, 0.3) is 0 Å². The number of nitrogens with one attached hydrogen (secondary N) is 2. The van der Waals surface area contributed by atoms with E-state index in [1.54, 1.807) is 13.0 Å². The summed E-state index contributed by atoms with van der Waals surface area (Å²) in [5.74, 6) is 0.230. The number of hydrogen-bond acceptors (Lipinski definition) is 2. The smallest absolute Gasteiger partial charge is 0.422 e. The van der Waals surface area contributed by atoms with Gasteiger partial charge in [-0.3, -0.25) is 0 Å². The van der Waals surface area contributed by atoms with Crippen molar-refractivity contribution in [3.63, 3.8) is 0 Å². The molecule has 0 radical (unpaired) electrons. The van der Waals surface area contributed by atoms with Crippen LogP contribution in [-0.2, 0) is 6.54 Å². The molecule has 25 heavy (non-hydrogen) atoms. The molecule has 2 N–H and O–H groups in total. The molecule has 0 bridgehead atoms. The Morgan fingerprint density at radius 1 is 1.08 bits per heavy atom. The molecule has 0 aliphatic rings. The SMILES string of the molecule is CCNC(=NCc1cccc(OCC(F)(F)F)c1)NCCC(F)(F)F. The Kier molecular flexibility index (Phi) is 7.85. The van der Waals surface area contributed by atoms with Crippen molar-refractivity contribution in [2.24, 2.45) is 4.99 Å². The Balaban J connectivity index is 2.62. The summed E-state index contributed by atoms with van der Waals surface area (Å²) in [6, 6.07) is 5.92. The van der Waals surface area contributed by atoms with Crippen molar-refractivity contribution in [1.29, 1.82) is 0 Å². The molecule has 0 aliphatic carbocycles. The largest absolute Gasteiger partial charge is 0.484 e. The Morgan fingerprint density at radius 2 is 1.80 bits per heavy atom. The number of hydrogen-bond donors (Lipinski definition) is 2. The van der Waals surface area contributed by atoms with Crippen LogP contribution in [0.5, 0.6) is 5.75 Å². The van der Waals surface area contributed by atoms with Gasteiger partial charge in [0, 0.05) is 13.1 Å². The Morgan fingerprint density at radius 3 is 2.40 bits per heavy atom. The summed E-state index contributed by atoms with van der Waals surface area (Å²) in [5.41, 5.74) is 0.563. The van der Waals surface area contributed by atoms with Crippen LogP contribution in [0.15, 0.2) is 29.3 Å². The van der Waals surface area contributed by atoms with Crippen molar-refractivity contribution >= 4 is 5.96 Å². The summed E-state index contributed by atoms with van der Waals surface area (Å²) in [5, 5.41) is 5.34. The quantitative estimate of drug-likeness (QED) is 0.437. The van der Waals surface area contributed by atoms with Crippen molar-refractivity contribution in [3.8, 4) is 5.75 Å². The van der Waals surface area contributed by atoms with Gasteiger partial charge in [-0.1, -0.05) is 12.1 Å². The third-order valence-electron chi connectivity index (χ3n) is 2.77. The standard InChI is InChI=1S/C15H19F6N3O/c1-2-22-13(23-7-6-14(16,17)18)24-9-11-4-3-5-12(8-11)25-10-15(19,20)21/h3-5,8H,2,6-7,9-10H2,1H3,(H2,22,23,24). The molecule has 0 spiro atoms. The first kappa shape index (κ1) is 20.9. The number of ether oxygens (including phenoxy) is 1. The van der Waals surface area contributed by atoms with E-state index < -0.39 is 25.4 Å². The first-order valence-electron chi connectivity index (χ1n) is 7.46. The van der Waals surface area contributed by atoms with Crippen molar-refractivity contribution in [2.75, 3.05) is 19.7 Å². The lowest BCUT2D eigenvalue weighted by Crippen LogP contribution is -2.38. The molecular weight excluding hydrogens is 352 g/mol. The molecule has 142 valence electrons. The number of rotatable bonds is 7. The number of aliphatic imine (C=N–C) groups is 1. The van der Waals surface area contributed by atoms with Gasteiger partial charge in [-0.2, -0.15) is 26.3 Å². The zero-order valence-electron chi connectivity index (χ0n) is 13.5. The number of alkyl halides is 6. The van der Waals surface area contributed by atoms with Crippen LogP contribution < -0.4 is 15.4 Å². The van der Waals surface area contributed by atoms with Crippen LogP contribution in [0.3, 0.4) is 0 Å². The Labute approximate surface area is 141 Å². The van der Waals surface area contributed by atoms with Gasteiger partial charge in [0.2, 0.25) is 0 Å². The van der Waals surface area contributed by atoms with Crippen LogP contribution >= 0.6 is 0 Å². The highest BCUT2D eigenvalue weighted by Gasteiger charge is 2.28. The Bertz CT molecular complexity index is 557. The predicted molar refractivity (Wildman–Crippen MR) is 81.5 cm³/mol. The lowest BCUT2D eigenvalue weighted by molar-refractivity contribution is -0.153. The van der Waals surface area contributed by atoms with Crippen LogP contribution in [0.2, 0.25) is 0 Å². The van der Waals surface area contributed by atoms with Gasteiger partial charge in [-0.15, -0.1) is 0 Å². The summed E-state index contributed by atoms with van der Waals surface area (Å²) < 4.78 is 77.5. The van der Waals surface area contributed by atoms with Crippen molar-refractivity contribution in [3.05, 3.63) is 29.8 Å². The summed E-state index contributed by atoms with van der Waals surface area (Å²) >= 11 is 0. The third-order valence-corrected chi connectivity index (χ3v) is 2.77. The first-order chi connectivity index (χ1) is 11.6. The van der Waals surface area contributed by atoms with Gasteiger partial charge in [0.25, 0.3) is 0 Å². The van der Waals surface area contributed by atoms with Gasteiger partial charge in [0.1, 0.15) is 5.75 Å². The van der Waals surface area contributed by atoms with Crippen molar-refractivity contribution in [2.45, 2.75) is 32.2 Å². The molecule has 0 aliphatic heterocycles. The number of halogens is 6. The van der Waals surface area contributed by atoms with Gasteiger partial charge < -0.3 is 15.4 Å². The summed E-state index contributed by atoms with van der Waals surface area (Å²) in [6.45, 7) is 0.551. The zero-order chi connectivity index (χ0) is 18.9. The molecule has 0 heterocycles. The molecule has 0 amide bonds. The lowest BCUT2D eigenvalue weighted by atomic mass is 10.2. The van der Waals surface area contributed by atoms with E-state index in [-0.39, 0.29) is 24.8 Å². The van der Waals surface area contributed by atoms with E-state index in [9.17, 15) is 26.3 Å². The van der Waals surface area contributed by atoms with E-state index in [2.05, 4.69) is 20.4 Å². The van der Waals surface area contributed by atoms with Crippen LogP contribution in [0, 0.1) is 0 Å². The van der Waals surface area contributed by atoms with E-state index in [1.807, 2.05) is 0 Å². The lowest BCUT2D eigenvalue weighted by Gasteiger charge is -2.13. The second kappa shape index (κ2) is 9.38. The van der Waals surface area contributed by atoms with E-state index >= 15 is 0 Å². The van der Waals surface area contributed by atoms with E-state index in [0.717, 1.165) is 0 Å². The molecule has 1 aromatic rings. The van der Waals surface area contributed by atoms with Crippen LogP contribution in [0.1, 0.15) is 18.9 Å². The molecule has 1 aromatic carbocycles.